The Kier molecular flexibility index (Phi) is 5.14. The topological polar surface area (TPSA) is 29.3 Å². The van der Waals surface area contributed by atoms with Gasteiger partial charge in [0.25, 0.3) is 0 Å². The van der Waals surface area contributed by atoms with Crippen LogP contribution in [0.3, 0.4) is 0 Å². The van der Waals surface area contributed by atoms with Crippen LogP contribution in [0.25, 0.3) is 0 Å². The molecule has 0 radical (unpaired) electrons. The van der Waals surface area contributed by atoms with Crippen molar-refractivity contribution >= 4 is 11.3 Å². The van der Waals surface area contributed by atoms with Crippen LogP contribution in [0.4, 0.5) is 0 Å². The van der Waals surface area contributed by atoms with Crippen molar-refractivity contribution in [2.75, 3.05) is 13.6 Å². The van der Waals surface area contributed by atoms with Crippen molar-refractivity contribution in [3.05, 3.63) is 58.3 Å². The largest absolute Gasteiger partial charge is 0.329 e. The maximum absolute atomic E-state index is 5.97. The van der Waals surface area contributed by atoms with E-state index in [0.717, 1.165) is 6.42 Å². The molecule has 2 rings (SSSR count). The SMILES string of the molecule is CC(c1cccs1)N(C)C(CN)Cc1ccccc1. The van der Waals surface area contributed by atoms with Crippen LogP contribution in [0.15, 0.2) is 47.8 Å². The molecule has 19 heavy (non-hydrogen) atoms. The Bertz CT molecular complexity index is 467. The average Bonchev–Trinajstić information content (AvgIpc) is 2.98. The zero-order chi connectivity index (χ0) is 13.7. The quantitative estimate of drug-likeness (QED) is 0.875. The lowest BCUT2D eigenvalue weighted by molar-refractivity contribution is 0.190. The Morgan fingerprint density at radius 3 is 2.47 bits per heavy atom. The van der Waals surface area contributed by atoms with Gasteiger partial charge in [0.2, 0.25) is 0 Å². The smallest absolute Gasteiger partial charge is 0.0413 e. The lowest BCUT2D eigenvalue weighted by Gasteiger charge is -2.32. The highest BCUT2D eigenvalue weighted by Gasteiger charge is 2.20. The van der Waals surface area contributed by atoms with Gasteiger partial charge >= 0.3 is 0 Å². The minimum absolute atomic E-state index is 0.375. The third-order valence-electron chi connectivity index (χ3n) is 3.73. The normalized spacial score (nSPS) is 14.5. The minimum atomic E-state index is 0.375. The van der Waals surface area contributed by atoms with Gasteiger partial charge in [0.15, 0.2) is 0 Å². The molecule has 0 fully saturated rings. The van der Waals surface area contributed by atoms with Crippen molar-refractivity contribution in [2.24, 2.45) is 5.73 Å². The highest BCUT2D eigenvalue weighted by molar-refractivity contribution is 7.10. The standard InChI is InChI=1S/C16H22N2S/c1-13(16-9-6-10-19-16)18(2)15(12-17)11-14-7-4-3-5-8-14/h3-10,13,15H,11-12,17H2,1-2H3. The van der Waals surface area contributed by atoms with Crippen molar-refractivity contribution in [3.63, 3.8) is 0 Å². The summed E-state index contributed by atoms with van der Waals surface area (Å²) in [5, 5.41) is 2.13. The van der Waals surface area contributed by atoms with Crippen LogP contribution in [0.1, 0.15) is 23.4 Å². The summed E-state index contributed by atoms with van der Waals surface area (Å²) in [6.45, 7) is 2.93. The van der Waals surface area contributed by atoms with Crippen molar-refractivity contribution in [1.82, 2.24) is 4.90 Å². The molecular formula is C16H22N2S. The maximum atomic E-state index is 5.97. The molecule has 0 saturated heterocycles. The second-order valence-corrected chi connectivity index (χ2v) is 5.92. The van der Waals surface area contributed by atoms with Crippen LogP contribution in [0, 0.1) is 0 Å². The van der Waals surface area contributed by atoms with E-state index < -0.39 is 0 Å². The molecule has 0 bridgehead atoms. The predicted octanol–water partition coefficient (Wildman–Crippen LogP) is 3.31. The van der Waals surface area contributed by atoms with Crippen molar-refractivity contribution in [3.8, 4) is 0 Å². The molecule has 0 saturated carbocycles. The van der Waals surface area contributed by atoms with Crippen molar-refractivity contribution in [1.29, 1.82) is 0 Å². The molecule has 1 aromatic carbocycles. The molecule has 0 amide bonds. The number of likely N-dealkylation sites (N-methyl/N-ethyl adjacent to an activating group) is 1. The fraction of sp³-hybridized carbons (Fsp3) is 0.375. The number of nitrogens with two attached hydrogens (primary N) is 1. The Labute approximate surface area is 119 Å². The summed E-state index contributed by atoms with van der Waals surface area (Å²) in [6.07, 6.45) is 1.00. The lowest BCUT2D eigenvalue weighted by atomic mass is 10.0. The molecule has 2 aromatic rings. The molecule has 0 spiro atoms. The van der Waals surface area contributed by atoms with E-state index in [-0.39, 0.29) is 0 Å². The summed E-state index contributed by atoms with van der Waals surface area (Å²) >= 11 is 1.81. The van der Waals surface area contributed by atoms with Gasteiger partial charge in [-0.25, -0.2) is 0 Å². The highest BCUT2D eigenvalue weighted by Crippen LogP contribution is 2.25. The Morgan fingerprint density at radius 1 is 1.16 bits per heavy atom. The summed E-state index contributed by atoms with van der Waals surface area (Å²) in [6, 6.07) is 15.7. The number of nitrogens with zero attached hydrogens (tertiary/aromatic N) is 1. The van der Waals surface area contributed by atoms with E-state index in [4.69, 9.17) is 5.73 Å². The third-order valence-corrected chi connectivity index (χ3v) is 4.77. The molecule has 2 N–H and O–H groups in total. The second-order valence-electron chi connectivity index (χ2n) is 4.94. The Morgan fingerprint density at radius 2 is 1.89 bits per heavy atom. The van der Waals surface area contributed by atoms with E-state index in [9.17, 15) is 0 Å². The molecule has 0 aliphatic carbocycles. The predicted molar refractivity (Wildman–Crippen MR) is 83.5 cm³/mol. The fourth-order valence-electron chi connectivity index (χ4n) is 2.33. The van der Waals surface area contributed by atoms with Gasteiger partial charge in [-0.3, -0.25) is 4.90 Å². The molecule has 2 unspecified atom stereocenters. The van der Waals surface area contributed by atoms with Gasteiger partial charge in [-0.2, -0.15) is 0 Å². The number of hydrogen-bond donors (Lipinski definition) is 1. The van der Waals surface area contributed by atoms with Crippen LogP contribution in [0.5, 0.6) is 0 Å². The van der Waals surface area contributed by atoms with E-state index in [1.165, 1.54) is 10.4 Å². The summed E-state index contributed by atoms with van der Waals surface area (Å²) in [5.74, 6) is 0. The summed E-state index contributed by atoms with van der Waals surface area (Å²) in [7, 11) is 2.17. The van der Waals surface area contributed by atoms with Gasteiger partial charge in [-0.15, -0.1) is 11.3 Å². The monoisotopic (exact) mass is 274 g/mol. The molecule has 0 aliphatic heterocycles. The number of thiophene rings is 1. The van der Waals surface area contributed by atoms with Crippen LogP contribution in [-0.4, -0.2) is 24.5 Å². The summed E-state index contributed by atoms with van der Waals surface area (Å²) in [5.41, 5.74) is 7.32. The highest BCUT2D eigenvalue weighted by atomic mass is 32.1. The Balaban J connectivity index is 2.05. The molecule has 1 aromatic heterocycles. The number of rotatable bonds is 6. The lowest BCUT2D eigenvalue weighted by Crippen LogP contribution is -2.40. The van der Waals surface area contributed by atoms with E-state index in [0.29, 0.717) is 18.6 Å². The molecular weight excluding hydrogens is 252 g/mol. The molecule has 102 valence electrons. The zero-order valence-electron chi connectivity index (χ0n) is 11.6. The second kappa shape index (κ2) is 6.85. The van der Waals surface area contributed by atoms with E-state index >= 15 is 0 Å². The van der Waals surface area contributed by atoms with Crippen molar-refractivity contribution < 1.29 is 0 Å². The van der Waals surface area contributed by atoms with E-state index in [1.54, 1.807) is 0 Å². The van der Waals surface area contributed by atoms with Gasteiger partial charge in [-0.05, 0) is 37.4 Å². The summed E-state index contributed by atoms with van der Waals surface area (Å²) < 4.78 is 0. The fourth-order valence-corrected chi connectivity index (χ4v) is 3.16. The first-order chi connectivity index (χ1) is 9.22. The molecule has 3 heteroatoms. The van der Waals surface area contributed by atoms with E-state index in [2.05, 4.69) is 66.7 Å². The number of hydrogen-bond acceptors (Lipinski definition) is 3. The van der Waals surface area contributed by atoms with Crippen LogP contribution < -0.4 is 5.73 Å². The zero-order valence-corrected chi connectivity index (χ0v) is 12.4. The van der Waals surface area contributed by atoms with Gasteiger partial charge in [0.05, 0.1) is 0 Å². The molecule has 1 heterocycles. The van der Waals surface area contributed by atoms with Crippen LogP contribution >= 0.6 is 11.3 Å². The average molecular weight is 274 g/mol. The van der Waals surface area contributed by atoms with Crippen LogP contribution in [0.2, 0.25) is 0 Å². The van der Waals surface area contributed by atoms with Gasteiger partial charge < -0.3 is 5.73 Å². The maximum Gasteiger partial charge on any atom is 0.0413 e. The Hall–Kier alpha value is -1.16. The summed E-state index contributed by atoms with van der Waals surface area (Å²) in [4.78, 5) is 3.78. The first kappa shape index (κ1) is 14.3. The van der Waals surface area contributed by atoms with Gasteiger partial charge in [0.1, 0.15) is 0 Å². The van der Waals surface area contributed by atoms with E-state index in [1.807, 2.05) is 11.3 Å². The molecule has 2 atom stereocenters. The van der Waals surface area contributed by atoms with Gasteiger partial charge in [0, 0.05) is 23.5 Å². The third kappa shape index (κ3) is 3.66. The van der Waals surface area contributed by atoms with Gasteiger partial charge in [-0.1, -0.05) is 36.4 Å². The van der Waals surface area contributed by atoms with Crippen molar-refractivity contribution in [2.45, 2.75) is 25.4 Å². The number of benzene rings is 1. The van der Waals surface area contributed by atoms with Crippen LogP contribution in [-0.2, 0) is 6.42 Å². The first-order valence-corrected chi connectivity index (χ1v) is 7.59. The minimum Gasteiger partial charge on any atom is -0.329 e. The molecule has 2 nitrogen and oxygen atoms in total. The first-order valence-electron chi connectivity index (χ1n) is 6.71. The molecule has 0 aliphatic rings.